The van der Waals surface area contributed by atoms with Crippen LogP contribution in [0, 0.1) is 5.82 Å². The smallest absolute Gasteiger partial charge is 0.251 e. The van der Waals surface area contributed by atoms with Gasteiger partial charge in [0.05, 0.1) is 33.1 Å². The quantitative estimate of drug-likeness (QED) is 0.452. The number of anilines is 1. The van der Waals surface area contributed by atoms with E-state index in [-0.39, 0.29) is 23.8 Å². The largest absolute Gasteiger partial charge is 0.493 e. The van der Waals surface area contributed by atoms with Gasteiger partial charge in [-0.3, -0.25) is 9.69 Å². The molecule has 1 amide bonds. The number of thiophene rings is 1. The van der Waals surface area contributed by atoms with Crippen molar-refractivity contribution in [3.63, 3.8) is 0 Å². The summed E-state index contributed by atoms with van der Waals surface area (Å²) < 4.78 is 30.5. The highest BCUT2D eigenvalue weighted by molar-refractivity contribution is 7.10. The van der Waals surface area contributed by atoms with Crippen LogP contribution in [0.2, 0.25) is 0 Å². The Labute approximate surface area is 215 Å². The Bertz CT molecular complexity index is 1140. The van der Waals surface area contributed by atoms with Gasteiger partial charge in [-0.25, -0.2) is 4.39 Å². The van der Waals surface area contributed by atoms with Crippen LogP contribution in [0.5, 0.6) is 17.2 Å². The Morgan fingerprint density at radius 3 is 2.19 bits per heavy atom. The van der Waals surface area contributed by atoms with Crippen LogP contribution in [-0.2, 0) is 0 Å². The van der Waals surface area contributed by atoms with E-state index >= 15 is 0 Å². The number of hydrogen-bond acceptors (Lipinski definition) is 7. The zero-order valence-electron chi connectivity index (χ0n) is 21.0. The fraction of sp³-hybridized carbons (Fsp3) is 0.370. The molecule has 1 N–H and O–H groups in total. The molecule has 1 saturated heterocycles. The second-order valence-corrected chi connectivity index (χ2v) is 9.59. The van der Waals surface area contributed by atoms with Gasteiger partial charge in [0.25, 0.3) is 5.91 Å². The van der Waals surface area contributed by atoms with Crippen LogP contribution in [0.15, 0.2) is 53.9 Å². The first-order chi connectivity index (χ1) is 17.5. The summed E-state index contributed by atoms with van der Waals surface area (Å²) in [5.74, 6) is 0.858. The van der Waals surface area contributed by atoms with Crippen LogP contribution < -0.4 is 24.4 Å². The number of hydrogen-bond donors (Lipinski definition) is 1. The van der Waals surface area contributed by atoms with Gasteiger partial charge in [-0.15, -0.1) is 11.3 Å². The van der Waals surface area contributed by atoms with Crippen molar-refractivity contribution in [2.24, 2.45) is 0 Å². The van der Waals surface area contributed by atoms with Gasteiger partial charge >= 0.3 is 0 Å². The summed E-state index contributed by atoms with van der Waals surface area (Å²) in [5, 5.41) is 5.22. The number of rotatable bonds is 9. The van der Waals surface area contributed by atoms with E-state index in [0.29, 0.717) is 41.6 Å². The highest BCUT2D eigenvalue weighted by Crippen LogP contribution is 2.38. The summed E-state index contributed by atoms with van der Waals surface area (Å²) in [5.41, 5.74) is 1.05. The van der Waals surface area contributed by atoms with Gasteiger partial charge in [0.1, 0.15) is 5.82 Å². The Hall–Kier alpha value is -3.30. The number of nitrogens with one attached hydrogen (secondary N) is 1. The molecule has 4 rings (SSSR count). The van der Waals surface area contributed by atoms with Crippen molar-refractivity contribution in [1.29, 1.82) is 0 Å². The molecule has 192 valence electrons. The van der Waals surface area contributed by atoms with Gasteiger partial charge in [-0.2, -0.15) is 0 Å². The van der Waals surface area contributed by atoms with Crippen molar-refractivity contribution in [2.75, 3.05) is 52.4 Å². The zero-order chi connectivity index (χ0) is 25.7. The molecule has 0 radical (unpaired) electrons. The molecule has 3 aromatic rings. The van der Waals surface area contributed by atoms with E-state index in [1.807, 2.05) is 30.5 Å². The Morgan fingerprint density at radius 2 is 1.64 bits per heavy atom. The number of methoxy groups -OCH3 is 3. The summed E-state index contributed by atoms with van der Waals surface area (Å²) >= 11 is 1.67. The first kappa shape index (κ1) is 25.8. The van der Waals surface area contributed by atoms with Gasteiger partial charge in [0.15, 0.2) is 11.5 Å². The first-order valence-electron chi connectivity index (χ1n) is 11.8. The predicted molar refractivity (Wildman–Crippen MR) is 140 cm³/mol. The molecule has 2 atom stereocenters. The van der Waals surface area contributed by atoms with E-state index in [0.717, 1.165) is 13.1 Å². The number of nitrogens with zero attached hydrogens (tertiary/aromatic N) is 2. The lowest BCUT2D eigenvalue weighted by Gasteiger charge is -2.42. The number of amides is 1. The molecule has 0 aliphatic carbocycles. The molecule has 2 heterocycles. The monoisotopic (exact) mass is 513 g/mol. The standard InChI is InChI=1S/C27H32FN3O4S/c1-18(29-27(32)19-16-22(33-2)26(35-4)23(17-19)34-3)25(24-10-7-15-36-24)31-13-11-30(12-14-31)21-9-6-5-8-20(21)28/h5-10,15-18,25H,11-14H2,1-4H3,(H,29,32)/t18-,25+/m1/s1. The van der Waals surface area contributed by atoms with E-state index < -0.39 is 0 Å². The molecule has 2 aromatic carbocycles. The summed E-state index contributed by atoms with van der Waals surface area (Å²) in [6.45, 7) is 4.93. The lowest BCUT2D eigenvalue weighted by atomic mass is 10.0. The van der Waals surface area contributed by atoms with Crippen LogP contribution in [-0.4, -0.2) is 64.4 Å². The number of piperazine rings is 1. The Morgan fingerprint density at radius 1 is 0.972 bits per heavy atom. The summed E-state index contributed by atoms with van der Waals surface area (Å²) in [6.07, 6.45) is 0. The fourth-order valence-corrected chi connectivity index (χ4v) is 5.70. The SMILES string of the molecule is COc1cc(C(=O)N[C@H](C)[C@@H](c2cccs2)N2CCN(c3ccccc3F)CC2)cc(OC)c1OC. The van der Waals surface area contributed by atoms with E-state index in [2.05, 4.69) is 21.2 Å². The topological polar surface area (TPSA) is 63.3 Å². The predicted octanol–water partition coefficient (Wildman–Crippen LogP) is 4.59. The van der Waals surface area contributed by atoms with Crippen LogP contribution in [0.25, 0.3) is 0 Å². The lowest BCUT2D eigenvalue weighted by molar-refractivity contribution is 0.0889. The maximum atomic E-state index is 14.3. The van der Waals surface area contributed by atoms with Crippen LogP contribution in [0.3, 0.4) is 0 Å². The molecule has 1 aliphatic rings. The van der Waals surface area contributed by atoms with Crippen molar-refractivity contribution < 1.29 is 23.4 Å². The van der Waals surface area contributed by atoms with Crippen molar-refractivity contribution in [2.45, 2.75) is 19.0 Å². The highest BCUT2D eigenvalue weighted by Gasteiger charge is 2.32. The third-order valence-electron chi connectivity index (χ3n) is 6.49. The average molecular weight is 514 g/mol. The average Bonchev–Trinajstić information content (AvgIpc) is 3.43. The fourth-order valence-electron chi connectivity index (χ4n) is 4.73. The number of para-hydroxylation sites is 1. The summed E-state index contributed by atoms with van der Waals surface area (Å²) in [7, 11) is 4.57. The van der Waals surface area contributed by atoms with Gasteiger partial charge in [-0.1, -0.05) is 18.2 Å². The highest BCUT2D eigenvalue weighted by atomic mass is 32.1. The first-order valence-corrected chi connectivity index (χ1v) is 12.7. The Kier molecular flexibility index (Phi) is 8.32. The molecule has 1 aromatic heterocycles. The molecule has 0 unspecified atom stereocenters. The number of carbonyl (C=O) groups excluding carboxylic acids is 1. The third-order valence-corrected chi connectivity index (χ3v) is 7.44. The molecular formula is C27H32FN3O4S. The van der Waals surface area contributed by atoms with E-state index in [9.17, 15) is 9.18 Å². The number of ether oxygens (including phenoxy) is 3. The maximum Gasteiger partial charge on any atom is 0.251 e. The normalized spacial score (nSPS) is 15.8. The van der Waals surface area contributed by atoms with Crippen molar-refractivity contribution in [1.82, 2.24) is 10.2 Å². The van der Waals surface area contributed by atoms with Gasteiger partial charge < -0.3 is 24.4 Å². The maximum absolute atomic E-state index is 14.3. The van der Waals surface area contributed by atoms with Crippen LogP contribution in [0.4, 0.5) is 10.1 Å². The lowest BCUT2D eigenvalue weighted by Crippen LogP contribution is -2.52. The van der Waals surface area contributed by atoms with E-state index in [1.54, 1.807) is 29.5 Å². The minimum absolute atomic E-state index is 0.0150. The van der Waals surface area contributed by atoms with Crippen molar-refractivity contribution in [3.05, 3.63) is 70.2 Å². The second-order valence-electron chi connectivity index (χ2n) is 8.61. The molecule has 7 nitrogen and oxygen atoms in total. The molecule has 0 spiro atoms. The molecule has 9 heteroatoms. The molecule has 0 bridgehead atoms. The molecule has 0 saturated carbocycles. The molecular weight excluding hydrogens is 481 g/mol. The van der Waals surface area contributed by atoms with Crippen molar-refractivity contribution >= 4 is 22.9 Å². The third kappa shape index (κ3) is 5.42. The molecule has 1 fully saturated rings. The number of benzene rings is 2. The van der Waals surface area contributed by atoms with Crippen molar-refractivity contribution in [3.8, 4) is 17.2 Å². The van der Waals surface area contributed by atoms with Gasteiger partial charge in [0, 0.05) is 42.7 Å². The Balaban J connectivity index is 1.51. The second kappa shape index (κ2) is 11.6. The minimum atomic E-state index is -0.228. The van der Waals surface area contributed by atoms with Crippen LogP contribution >= 0.6 is 11.3 Å². The van der Waals surface area contributed by atoms with Gasteiger partial charge in [-0.05, 0) is 42.6 Å². The molecule has 1 aliphatic heterocycles. The number of carbonyl (C=O) groups is 1. The van der Waals surface area contributed by atoms with E-state index in [1.165, 1.54) is 32.3 Å². The summed E-state index contributed by atoms with van der Waals surface area (Å²) in [6, 6.07) is 14.1. The summed E-state index contributed by atoms with van der Waals surface area (Å²) in [4.78, 5) is 18.9. The van der Waals surface area contributed by atoms with Crippen LogP contribution in [0.1, 0.15) is 28.2 Å². The van der Waals surface area contributed by atoms with Gasteiger partial charge in [0.2, 0.25) is 5.75 Å². The van der Waals surface area contributed by atoms with E-state index in [4.69, 9.17) is 14.2 Å². The minimum Gasteiger partial charge on any atom is -0.493 e. The zero-order valence-corrected chi connectivity index (χ0v) is 21.8. The number of halogens is 1. The molecule has 36 heavy (non-hydrogen) atoms.